The molecule has 26 heavy (non-hydrogen) atoms. The zero-order valence-electron chi connectivity index (χ0n) is 15.5. The molecule has 0 amide bonds. The van der Waals surface area contributed by atoms with Gasteiger partial charge in [-0.3, -0.25) is 0 Å². The molecule has 0 saturated heterocycles. The number of aryl methyl sites for hydroxylation is 2. The van der Waals surface area contributed by atoms with Crippen molar-refractivity contribution in [3.05, 3.63) is 29.1 Å². The first-order valence-corrected chi connectivity index (χ1v) is 9.95. The van der Waals surface area contributed by atoms with Gasteiger partial charge in [-0.15, -0.1) is 23.2 Å². The quantitative estimate of drug-likeness (QED) is 0.362. The van der Waals surface area contributed by atoms with E-state index in [4.69, 9.17) is 27.9 Å². The van der Waals surface area contributed by atoms with E-state index in [9.17, 15) is 0 Å². The molecule has 1 aromatic carbocycles. The fraction of sp³-hybridized carbons (Fsp3) is 0.500. The van der Waals surface area contributed by atoms with E-state index >= 15 is 0 Å². The van der Waals surface area contributed by atoms with Crippen molar-refractivity contribution in [2.45, 2.75) is 43.9 Å². The molecule has 1 aromatic heterocycles. The lowest BCUT2D eigenvalue weighted by Gasteiger charge is -2.11. The van der Waals surface area contributed by atoms with Gasteiger partial charge in [0.15, 0.2) is 5.82 Å². The summed E-state index contributed by atoms with van der Waals surface area (Å²) in [5.41, 5.74) is 2.54. The van der Waals surface area contributed by atoms with Crippen molar-refractivity contribution in [3.63, 3.8) is 0 Å². The van der Waals surface area contributed by atoms with Crippen molar-refractivity contribution < 1.29 is 4.74 Å². The van der Waals surface area contributed by atoms with Crippen molar-refractivity contribution in [1.82, 2.24) is 14.3 Å². The van der Waals surface area contributed by atoms with Gasteiger partial charge in [0.05, 0.1) is 17.4 Å². The lowest BCUT2D eigenvalue weighted by atomic mass is 10.1. The van der Waals surface area contributed by atoms with Gasteiger partial charge in [0, 0.05) is 25.1 Å². The maximum absolute atomic E-state index is 6.21. The first-order chi connectivity index (χ1) is 12.2. The van der Waals surface area contributed by atoms with E-state index in [1.807, 2.05) is 51.2 Å². The van der Waals surface area contributed by atoms with Gasteiger partial charge in [0.1, 0.15) is 10.1 Å². The molecule has 1 saturated carbocycles. The Bertz CT molecular complexity index is 852. The van der Waals surface area contributed by atoms with E-state index in [0.717, 1.165) is 29.1 Å². The van der Waals surface area contributed by atoms with Crippen LogP contribution in [0.15, 0.2) is 17.1 Å². The topological polar surface area (TPSA) is 50.6 Å². The maximum Gasteiger partial charge on any atom is 0.298 e. The SMILES string of the molecule is CCN(C)/C=N\c1cc(C)c(Oc2nc(C3(C)CC3(Cl)Cl)ns2)cc1C. The normalized spacial score (nSPS) is 21.2. The number of ether oxygens (including phenoxy) is 1. The number of aliphatic imine (C=N–C) groups is 1. The Morgan fingerprint density at radius 1 is 1.35 bits per heavy atom. The summed E-state index contributed by atoms with van der Waals surface area (Å²) in [6.07, 6.45) is 2.48. The Morgan fingerprint density at radius 2 is 2.04 bits per heavy atom. The van der Waals surface area contributed by atoms with Crippen LogP contribution in [0.4, 0.5) is 5.69 Å². The number of hydrogen-bond acceptors (Lipinski definition) is 5. The van der Waals surface area contributed by atoms with E-state index in [1.165, 1.54) is 11.5 Å². The van der Waals surface area contributed by atoms with E-state index < -0.39 is 9.75 Å². The number of halogens is 2. The Balaban J connectivity index is 1.78. The number of aromatic nitrogens is 2. The predicted octanol–water partition coefficient (Wildman–Crippen LogP) is 5.39. The highest BCUT2D eigenvalue weighted by molar-refractivity contribution is 7.07. The van der Waals surface area contributed by atoms with E-state index in [0.29, 0.717) is 17.4 Å². The molecule has 0 N–H and O–H groups in total. The summed E-state index contributed by atoms with van der Waals surface area (Å²) in [6.45, 7) is 8.96. The van der Waals surface area contributed by atoms with Crippen molar-refractivity contribution >= 4 is 46.8 Å². The summed E-state index contributed by atoms with van der Waals surface area (Å²) >= 11 is 13.6. The van der Waals surface area contributed by atoms with Crippen LogP contribution < -0.4 is 4.74 Å². The molecule has 1 fully saturated rings. The molecule has 140 valence electrons. The Morgan fingerprint density at radius 3 is 2.65 bits per heavy atom. The molecular formula is C18H22Cl2N4OS. The van der Waals surface area contributed by atoms with Crippen molar-refractivity contribution in [2.75, 3.05) is 13.6 Å². The van der Waals surface area contributed by atoms with Gasteiger partial charge in [0.2, 0.25) is 0 Å². The Labute approximate surface area is 168 Å². The standard InChI is InChI=1S/C18H22Cl2N4OS/c1-6-24(5)10-21-13-7-12(3)14(8-11(13)2)25-16-22-15(23-26-16)17(4)9-18(17,19)20/h7-8,10H,6,9H2,1-5H3/b21-10-. The fourth-order valence-electron chi connectivity index (χ4n) is 2.48. The molecule has 2 aromatic rings. The Kier molecular flexibility index (Phi) is 5.21. The fourth-order valence-corrected chi connectivity index (χ4v) is 3.84. The number of benzene rings is 1. The van der Waals surface area contributed by atoms with Gasteiger partial charge in [-0.2, -0.15) is 9.36 Å². The van der Waals surface area contributed by atoms with E-state index in [2.05, 4.69) is 21.3 Å². The van der Waals surface area contributed by atoms with E-state index in [-0.39, 0.29) is 0 Å². The van der Waals surface area contributed by atoms with Crippen LogP contribution in [-0.4, -0.2) is 38.5 Å². The van der Waals surface area contributed by atoms with Crippen LogP contribution in [0, 0.1) is 13.8 Å². The van der Waals surface area contributed by atoms with Crippen LogP contribution in [0.25, 0.3) is 0 Å². The number of alkyl halides is 2. The molecule has 0 bridgehead atoms. The molecule has 0 radical (unpaired) electrons. The maximum atomic E-state index is 6.21. The minimum atomic E-state index is -0.789. The van der Waals surface area contributed by atoms with Crippen LogP contribution in [0.1, 0.15) is 37.2 Å². The zero-order chi connectivity index (χ0) is 19.1. The summed E-state index contributed by atoms with van der Waals surface area (Å²) in [6, 6.07) is 3.98. The summed E-state index contributed by atoms with van der Waals surface area (Å²) in [7, 11) is 1.99. The average Bonchev–Trinajstić information content (AvgIpc) is 2.92. The van der Waals surface area contributed by atoms with Crippen LogP contribution in [-0.2, 0) is 5.41 Å². The van der Waals surface area contributed by atoms with Crippen LogP contribution in [0.5, 0.6) is 10.9 Å². The van der Waals surface area contributed by atoms with Crippen LogP contribution in [0.3, 0.4) is 0 Å². The first-order valence-electron chi connectivity index (χ1n) is 8.42. The number of rotatable bonds is 6. The van der Waals surface area contributed by atoms with Crippen molar-refractivity contribution in [2.24, 2.45) is 4.99 Å². The lowest BCUT2D eigenvalue weighted by molar-refractivity contribution is 0.471. The molecule has 1 unspecified atom stereocenters. The molecule has 5 nitrogen and oxygen atoms in total. The van der Waals surface area contributed by atoms with Gasteiger partial charge in [-0.1, -0.05) is 0 Å². The highest BCUT2D eigenvalue weighted by atomic mass is 35.5. The number of nitrogens with zero attached hydrogens (tertiary/aromatic N) is 4. The molecule has 1 atom stereocenters. The second-order valence-electron chi connectivity index (χ2n) is 6.92. The van der Waals surface area contributed by atoms with Gasteiger partial charge in [-0.05, 0) is 57.4 Å². The third-order valence-electron chi connectivity index (χ3n) is 4.74. The molecule has 3 rings (SSSR count). The third-order valence-corrected chi connectivity index (χ3v) is 6.44. The summed E-state index contributed by atoms with van der Waals surface area (Å²) in [5, 5.41) is 0.488. The second kappa shape index (κ2) is 6.98. The zero-order valence-corrected chi connectivity index (χ0v) is 17.8. The van der Waals surface area contributed by atoms with Crippen molar-refractivity contribution in [3.8, 4) is 10.9 Å². The van der Waals surface area contributed by atoms with Gasteiger partial charge < -0.3 is 9.64 Å². The van der Waals surface area contributed by atoms with Crippen LogP contribution >= 0.6 is 34.7 Å². The number of hydrogen-bond donors (Lipinski definition) is 0. The monoisotopic (exact) mass is 412 g/mol. The molecule has 8 heteroatoms. The first kappa shape index (κ1) is 19.4. The smallest absolute Gasteiger partial charge is 0.298 e. The van der Waals surface area contributed by atoms with Crippen LogP contribution in [0.2, 0.25) is 0 Å². The second-order valence-corrected chi connectivity index (χ2v) is 9.12. The van der Waals surface area contributed by atoms with Gasteiger partial charge >= 0.3 is 0 Å². The minimum Gasteiger partial charge on any atom is -0.430 e. The molecular weight excluding hydrogens is 391 g/mol. The summed E-state index contributed by atoms with van der Waals surface area (Å²) < 4.78 is 9.55. The average molecular weight is 413 g/mol. The molecule has 0 aliphatic heterocycles. The molecule has 0 spiro atoms. The lowest BCUT2D eigenvalue weighted by Crippen LogP contribution is -2.14. The van der Waals surface area contributed by atoms with E-state index in [1.54, 1.807) is 0 Å². The largest absolute Gasteiger partial charge is 0.430 e. The summed E-state index contributed by atoms with van der Waals surface area (Å²) in [5.74, 6) is 1.39. The minimum absolute atomic E-state index is 0.400. The summed E-state index contributed by atoms with van der Waals surface area (Å²) in [4.78, 5) is 11.0. The highest BCUT2D eigenvalue weighted by Gasteiger charge is 2.66. The molecule has 1 aliphatic carbocycles. The van der Waals surface area contributed by atoms with Gasteiger partial charge in [0.25, 0.3) is 5.19 Å². The molecule has 1 heterocycles. The van der Waals surface area contributed by atoms with Crippen molar-refractivity contribution in [1.29, 1.82) is 0 Å². The third kappa shape index (κ3) is 3.68. The highest BCUT2D eigenvalue weighted by Crippen LogP contribution is 2.64. The predicted molar refractivity (Wildman–Crippen MR) is 109 cm³/mol. The van der Waals surface area contributed by atoms with Gasteiger partial charge in [-0.25, -0.2) is 4.99 Å². The Hall–Kier alpha value is -1.37. The molecule has 1 aliphatic rings.